The van der Waals surface area contributed by atoms with Crippen molar-refractivity contribution in [3.05, 3.63) is 40.9 Å². The fraction of sp³-hybridized carbons (Fsp3) is 0.500. The van der Waals surface area contributed by atoms with Crippen LogP contribution in [0.1, 0.15) is 27.2 Å². The van der Waals surface area contributed by atoms with Gasteiger partial charge in [0.05, 0.1) is 0 Å². The number of rotatable bonds is 3. The Kier molecular flexibility index (Phi) is 7.97. The molecule has 0 saturated heterocycles. The first kappa shape index (κ1) is 20.3. The van der Waals surface area contributed by atoms with E-state index in [0.717, 1.165) is 11.4 Å². The van der Waals surface area contributed by atoms with E-state index in [2.05, 4.69) is 5.18 Å². The summed E-state index contributed by atoms with van der Waals surface area (Å²) in [4.78, 5) is 10.8. The fourth-order valence-corrected chi connectivity index (χ4v) is 1.54. The van der Waals surface area contributed by atoms with E-state index in [4.69, 9.17) is 4.42 Å². The Balaban J connectivity index is 0.000000763. The predicted molar refractivity (Wildman–Crippen MR) is 81.1 cm³/mol. The van der Waals surface area contributed by atoms with Crippen LogP contribution in [0.25, 0.3) is 0 Å². The molecule has 0 bridgehead atoms. The minimum Gasteiger partial charge on any atom is -0.418 e. The highest BCUT2D eigenvalue weighted by Crippen LogP contribution is 2.25. The zero-order chi connectivity index (χ0) is 17.4. The average Bonchev–Trinajstić information content (AvgIpc) is 2.36. The summed E-state index contributed by atoms with van der Waals surface area (Å²) in [6, 6.07) is -0.190. The van der Waals surface area contributed by atoms with Crippen molar-refractivity contribution in [1.29, 1.82) is 0 Å². The topological polar surface area (TPSA) is 40.7 Å². The van der Waals surface area contributed by atoms with Gasteiger partial charge in [0.25, 0.3) is 7.11 Å². The van der Waals surface area contributed by atoms with E-state index in [1.807, 2.05) is 51.2 Å². The second-order valence-corrected chi connectivity index (χ2v) is 5.70. The molecule has 1 unspecified atom stereocenters. The van der Waals surface area contributed by atoms with Crippen LogP contribution in [0.2, 0.25) is 0 Å². The third-order valence-corrected chi connectivity index (χ3v) is 2.82. The summed E-state index contributed by atoms with van der Waals surface area (Å²) in [5.41, 5.74) is 0.994. The van der Waals surface area contributed by atoms with E-state index in [1.165, 1.54) is 0 Å². The Morgan fingerprint density at radius 3 is 1.95 bits per heavy atom. The quantitative estimate of drug-likeness (QED) is 0.323. The van der Waals surface area contributed by atoms with Crippen LogP contribution in [0.15, 0.2) is 41.1 Å². The minimum absolute atomic E-state index is 0.0925. The normalized spacial score (nSPS) is 15.8. The van der Waals surface area contributed by atoms with E-state index < -0.39 is 7.25 Å². The molecule has 1 atom stereocenters. The van der Waals surface area contributed by atoms with Gasteiger partial charge in [-0.2, -0.15) is 4.91 Å². The van der Waals surface area contributed by atoms with E-state index in [-0.39, 0.29) is 11.5 Å². The second-order valence-electron chi connectivity index (χ2n) is 5.70. The van der Waals surface area contributed by atoms with Crippen LogP contribution in [-0.4, -0.2) is 26.2 Å². The highest BCUT2D eigenvalue weighted by atomic mass is 19.5. The van der Waals surface area contributed by atoms with Crippen molar-refractivity contribution in [2.75, 3.05) is 7.11 Å². The number of halogens is 4. The molecule has 0 heterocycles. The minimum atomic E-state index is -6.00. The molecule has 0 aromatic heterocycles. The van der Waals surface area contributed by atoms with Crippen molar-refractivity contribution in [2.45, 2.75) is 33.2 Å². The number of carbonyl (C=O) groups excluding carboxylic acids is 1. The number of allylic oxidation sites excluding steroid dienone is 5. The first-order chi connectivity index (χ1) is 9.97. The van der Waals surface area contributed by atoms with Gasteiger partial charge >= 0.3 is 13.0 Å². The fourth-order valence-electron chi connectivity index (χ4n) is 1.54. The highest BCUT2D eigenvalue weighted by Gasteiger charge is 2.24. The van der Waals surface area contributed by atoms with Gasteiger partial charge in [-0.05, 0) is 29.6 Å². The van der Waals surface area contributed by atoms with Crippen molar-refractivity contribution >= 4 is 13.0 Å². The molecular weight excluding hydrogens is 301 g/mol. The third-order valence-electron chi connectivity index (χ3n) is 2.82. The Hall–Kier alpha value is -1.73. The van der Waals surface area contributed by atoms with Crippen molar-refractivity contribution < 1.29 is 21.7 Å². The van der Waals surface area contributed by atoms with Gasteiger partial charge < -0.3 is 17.3 Å². The van der Waals surface area contributed by atoms with Gasteiger partial charge in [0.1, 0.15) is 6.04 Å². The van der Waals surface area contributed by atoms with Crippen molar-refractivity contribution in [2.24, 2.45) is 10.6 Å². The SMILES string of the molecule is C[O+]=C1C=CC(=CCC(N=O)C(C)(C)C)C=C1.F[B-](F)(F)F. The molecule has 8 heteroatoms. The molecule has 124 valence electrons. The Morgan fingerprint density at radius 1 is 1.18 bits per heavy atom. The van der Waals surface area contributed by atoms with Crippen LogP contribution in [0.3, 0.4) is 0 Å². The van der Waals surface area contributed by atoms with Crippen molar-refractivity contribution in [3.63, 3.8) is 0 Å². The molecule has 1 aliphatic rings. The van der Waals surface area contributed by atoms with Gasteiger partial charge in [-0.25, -0.2) is 0 Å². The highest BCUT2D eigenvalue weighted by molar-refractivity contribution is 6.50. The lowest BCUT2D eigenvalue weighted by atomic mass is 9.85. The van der Waals surface area contributed by atoms with Crippen molar-refractivity contribution in [1.82, 2.24) is 0 Å². The van der Waals surface area contributed by atoms with Gasteiger partial charge in [-0.15, -0.1) is 0 Å². The number of nitrogens with zero attached hydrogens (tertiary/aromatic N) is 1. The standard InChI is InChI=1S/C14H20NO2.BF4/c1-14(2,3)13(15-16)10-7-11-5-8-12(17-4)9-6-11;2-1(3,4)5/h5-9,13H,10H2,1-4H3;/q+1;-1. The molecule has 0 aliphatic heterocycles. The molecule has 0 saturated carbocycles. The number of ketones is 1. The van der Waals surface area contributed by atoms with E-state index in [1.54, 1.807) is 7.11 Å². The summed E-state index contributed by atoms with van der Waals surface area (Å²) in [5.74, 6) is 0.836. The summed E-state index contributed by atoms with van der Waals surface area (Å²) in [6.45, 7) is 6.09. The lowest BCUT2D eigenvalue weighted by molar-refractivity contribution is -0.417. The molecular formula is C14H20BF4NO2. The molecule has 0 aromatic carbocycles. The predicted octanol–water partition coefficient (Wildman–Crippen LogP) is 4.64. The van der Waals surface area contributed by atoms with Gasteiger partial charge in [-0.3, -0.25) is 4.42 Å². The van der Waals surface area contributed by atoms with Crippen LogP contribution < -0.4 is 0 Å². The second kappa shape index (κ2) is 8.65. The molecule has 0 amide bonds. The van der Waals surface area contributed by atoms with Gasteiger partial charge in [0.15, 0.2) is 0 Å². The summed E-state index contributed by atoms with van der Waals surface area (Å²) in [7, 11) is -4.36. The molecule has 1 aliphatic carbocycles. The Bertz CT molecular complexity index is 464. The summed E-state index contributed by atoms with van der Waals surface area (Å²) < 4.78 is 44.1. The Labute approximate surface area is 127 Å². The summed E-state index contributed by atoms with van der Waals surface area (Å²) in [6.07, 6.45) is 10.5. The lowest BCUT2D eigenvalue weighted by Crippen LogP contribution is -2.23. The smallest absolute Gasteiger partial charge is 0.418 e. The zero-order valence-corrected chi connectivity index (χ0v) is 13.0. The molecule has 3 nitrogen and oxygen atoms in total. The number of hydrogen-bond donors (Lipinski definition) is 0. The largest absolute Gasteiger partial charge is 0.673 e. The van der Waals surface area contributed by atoms with Gasteiger partial charge in [0.2, 0.25) is 0 Å². The van der Waals surface area contributed by atoms with Gasteiger partial charge in [-0.1, -0.05) is 32.0 Å². The molecule has 0 N–H and O–H groups in total. The maximum atomic E-state index is 10.8. The summed E-state index contributed by atoms with van der Waals surface area (Å²) >= 11 is 0. The third kappa shape index (κ3) is 10.1. The Morgan fingerprint density at radius 2 is 1.64 bits per heavy atom. The first-order valence-electron chi connectivity index (χ1n) is 6.64. The van der Waals surface area contributed by atoms with E-state index in [9.17, 15) is 22.2 Å². The van der Waals surface area contributed by atoms with Crippen LogP contribution in [0.5, 0.6) is 0 Å². The van der Waals surface area contributed by atoms with E-state index in [0.29, 0.717) is 6.42 Å². The zero-order valence-electron chi connectivity index (χ0n) is 13.0. The number of hydrogen-bond acceptors (Lipinski definition) is 2. The first-order valence-corrected chi connectivity index (χ1v) is 6.64. The average molecular weight is 321 g/mol. The molecule has 0 aromatic rings. The molecule has 1 rings (SSSR count). The van der Waals surface area contributed by atoms with Crippen molar-refractivity contribution in [3.8, 4) is 0 Å². The maximum Gasteiger partial charge on any atom is 0.673 e. The van der Waals surface area contributed by atoms with Crippen LogP contribution in [0, 0.1) is 10.3 Å². The molecule has 0 radical (unpaired) electrons. The van der Waals surface area contributed by atoms with Gasteiger partial charge in [0, 0.05) is 12.2 Å². The van der Waals surface area contributed by atoms with Crippen LogP contribution >= 0.6 is 0 Å². The monoisotopic (exact) mass is 321 g/mol. The van der Waals surface area contributed by atoms with E-state index >= 15 is 0 Å². The molecule has 0 spiro atoms. The molecule has 0 fully saturated rings. The number of nitroso groups, excluding NO2 is 1. The van der Waals surface area contributed by atoms with Crippen LogP contribution in [0.4, 0.5) is 17.3 Å². The lowest BCUT2D eigenvalue weighted by Gasteiger charge is -2.23. The molecule has 22 heavy (non-hydrogen) atoms. The van der Waals surface area contributed by atoms with Crippen LogP contribution in [-0.2, 0) is 4.42 Å². The summed E-state index contributed by atoms with van der Waals surface area (Å²) in [5, 5.41) is 3.20. The maximum absolute atomic E-state index is 10.8.